The molecule has 0 bridgehead atoms. The van der Waals surface area contributed by atoms with Crippen molar-refractivity contribution in [2.24, 2.45) is 0 Å². The third-order valence-corrected chi connectivity index (χ3v) is 2.25. The maximum absolute atomic E-state index is 11.6. The molecule has 0 saturated carbocycles. The first kappa shape index (κ1) is 12.3. The minimum atomic E-state index is 0.0175. The summed E-state index contributed by atoms with van der Waals surface area (Å²) in [6.07, 6.45) is 0. The maximum atomic E-state index is 11.6. The third-order valence-electron chi connectivity index (χ3n) is 2.25. The van der Waals surface area contributed by atoms with Crippen molar-refractivity contribution in [3.05, 3.63) is 0 Å². The van der Waals surface area contributed by atoms with Gasteiger partial charge in [-0.1, -0.05) is 13.8 Å². The standard InChI is InChI=1S/C10H21N3O2/c1-9(2)11-3-4-12-10(14)13-5-7-15-8-6-13/h9,11H,3-8H2,1-2H3,(H,12,14). The van der Waals surface area contributed by atoms with Crippen LogP contribution in [0.15, 0.2) is 0 Å². The second-order valence-electron chi connectivity index (χ2n) is 3.94. The van der Waals surface area contributed by atoms with Gasteiger partial charge in [-0.3, -0.25) is 0 Å². The van der Waals surface area contributed by atoms with Gasteiger partial charge in [-0.15, -0.1) is 0 Å². The molecule has 1 heterocycles. The zero-order valence-electron chi connectivity index (χ0n) is 9.58. The lowest BCUT2D eigenvalue weighted by Crippen LogP contribution is -2.47. The van der Waals surface area contributed by atoms with Crippen molar-refractivity contribution in [2.45, 2.75) is 19.9 Å². The summed E-state index contributed by atoms with van der Waals surface area (Å²) in [5.74, 6) is 0. The number of nitrogens with zero attached hydrogens (tertiary/aromatic N) is 1. The molecule has 15 heavy (non-hydrogen) atoms. The summed E-state index contributed by atoms with van der Waals surface area (Å²) in [5.41, 5.74) is 0. The van der Waals surface area contributed by atoms with Gasteiger partial charge < -0.3 is 20.3 Å². The molecule has 5 heteroatoms. The lowest BCUT2D eigenvalue weighted by atomic mass is 10.4. The van der Waals surface area contributed by atoms with E-state index in [0.717, 1.165) is 6.54 Å². The molecule has 1 fully saturated rings. The summed E-state index contributed by atoms with van der Waals surface area (Å²) in [5, 5.41) is 6.12. The van der Waals surface area contributed by atoms with Crippen molar-refractivity contribution >= 4 is 6.03 Å². The van der Waals surface area contributed by atoms with Crippen LogP contribution in [0.25, 0.3) is 0 Å². The van der Waals surface area contributed by atoms with E-state index >= 15 is 0 Å². The number of carbonyl (C=O) groups is 1. The van der Waals surface area contributed by atoms with Gasteiger partial charge in [0.1, 0.15) is 0 Å². The molecule has 1 aliphatic rings. The highest BCUT2D eigenvalue weighted by atomic mass is 16.5. The topological polar surface area (TPSA) is 53.6 Å². The highest BCUT2D eigenvalue weighted by molar-refractivity contribution is 5.74. The molecule has 1 aliphatic heterocycles. The van der Waals surface area contributed by atoms with Crippen molar-refractivity contribution < 1.29 is 9.53 Å². The van der Waals surface area contributed by atoms with E-state index in [1.807, 2.05) is 0 Å². The second kappa shape index (κ2) is 6.63. The maximum Gasteiger partial charge on any atom is 0.317 e. The van der Waals surface area contributed by atoms with Crippen LogP contribution in [0.1, 0.15) is 13.8 Å². The van der Waals surface area contributed by atoms with Gasteiger partial charge in [-0.25, -0.2) is 4.79 Å². The van der Waals surface area contributed by atoms with Gasteiger partial charge in [-0.2, -0.15) is 0 Å². The van der Waals surface area contributed by atoms with Crippen molar-refractivity contribution in [3.63, 3.8) is 0 Å². The number of amides is 2. The van der Waals surface area contributed by atoms with Crippen molar-refractivity contribution in [3.8, 4) is 0 Å². The van der Waals surface area contributed by atoms with Crippen LogP contribution in [0.5, 0.6) is 0 Å². The van der Waals surface area contributed by atoms with Gasteiger partial charge in [0.05, 0.1) is 13.2 Å². The molecule has 88 valence electrons. The number of morpholine rings is 1. The van der Waals surface area contributed by atoms with Crippen LogP contribution in [0.4, 0.5) is 4.79 Å². The minimum absolute atomic E-state index is 0.0175. The molecule has 0 aromatic heterocycles. The number of urea groups is 1. The Morgan fingerprint density at radius 2 is 2.00 bits per heavy atom. The van der Waals surface area contributed by atoms with E-state index < -0.39 is 0 Å². The van der Waals surface area contributed by atoms with Crippen LogP contribution in [0.3, 0.4) is 0 Å². The summed E-state index contributed by atoms with van der Waals surface area (Å²) >= 11 is 0. The monoisotopic (exact) mass is 215 g/mol. The summed E-state index contributed by atoms with van der Waals surface area (Å²) in [6, 6.07) is 0.481. The number of ether oxygens (including phenoxy) is 1. The average molecular weight is 215 g/mol. The number of rotatable bonds is 4. The largest absolute Gasteiger partial charge is 0.378 e. The van der Waals surface area contributed by atoms with Gasteiger partial charge in [0.15, 0.2) is 0 Å². The summed E-state index contributed by atoms with van der Waals surface area (Å²) in [4.78, 5) is 13.4. The summed E-state index contributed by atoms with van der Waals surface area (Å²) in [6.45, 7) is 8.36. The van der Waals surface area contributed by atoms with E-state index in [1.165, 1.54) is 0 Å². The number of hydrogen-bond donors (Lipinski definition) is 2. The Bertz CT molecular complexity index is 191. The van der Waals surface area contributed by atoms with Crippen molar-refractivity contribution in [1.29, 1.82) is 0 Å². The quantitative estimate of drug-likeness (QED) is 0.650. The van der Waals surface area contributed by atoms with Gasteiger partial charge in [0.2, 0.25) is 0 Å². The second-order valence-corrected chi connectivity index (χ2v) is 3.94. The van der Waals surface area contributed by atoms with E-state index in [0.29, 0.717) is 38.9 Å². The molecule has 2 N–H and O–H groups in total. The Balaban J connectivity index is 2.07. The van der Waals surface area contributed by atoms with Crippen LogP contribution in [0, 0.1) is 0 Å². The molecular weight excluding hydrogens is 194 g/mol. The lowest BCUT2D eigenvalue weighted by Gasteiger charge is -2.27. The normalized spacial score (nSPS) is 16.9. The first-order valence-corrected chi connectivity index (χ1v) is 5.54. The first-order valence-electron chi connectivity index (χ1n) is 5.54. The molecule has 0 aromatic rings. The molecular formula is C10H21N3O2. The Kier molecular flexibility index (Phi) is 5.42. The van der Waals surface area contributed by atoms with Gasteiger partial charge in [0.25, 0.3) is 0 Å². The van der Waals surface area contributed by atoms with Crippen molar-refractivity contribution in [2.75, 3.05) is 39.4 Å². The molecule has 5 nitrogen and oxygen atoms in total. The van der Waals surface area contributed by atoms with Gasteiger partial charge in [0, 0.05) is 32.2 Å². The zero-order valence-corrected chi connectivity index (χ0v) is 9.58. The SMILES string of the molecule is CC(C)NCCNC(=O)N1CCOCC1. The molecule has 1 rings (SSSR count). The molecule has 0 spiro atoms. The predicted molar refractivity (Wildman–Crippen MR) is 58.9 cm³/mol. The van der Waals surface area contributed by atoms with Crippen LogP contribution in [-0.4, -0.2) is 56.4 Å². The van der Waals surface area contributed by atoms with Crippen molar-refractivity contribution in [1.82, 2.24) is 15.5 Å². The fourth-order valence-corrected chi connectivity index (χ4v) is 1.41. The van der Waals surface area contributed by atoms with E-state index in [2.05, 4.69) is 24.5 Å². The highest BCUT2D eigenvalue weighted by Gasteiger charge is 2.15. The molecule has 0 atom stereocenters. The Labute approximate surface area is 91.2 Å². The third kappa shape index (κ3) is 4.99. The van der Waals surface area contributed by atoms with E-state index in [9.17, 15) is 4.79 Å². The highest BCUT2D eigenvalue weighted by Crippen LogP contribution is 1.96. The fraction of sp³-hybridized carbons (Fsp3) is 0.900. The van der Waals surface area contributed by atoms with E-state index in [1.54, 1.807) is 4.90 Å². The molecule has 0 radical (unpaired) electrons. The molecule has 2 amide bonds. The van der Waals surface area contributed by atoms with E-state index in [-0.39, 0.29) is 6.03 Å². The Morgan fingerprint density at radius 1 is 1.33 bits per heavy atom. The fourth-order valence-electron chi connectivity index (χ4n) is 1.41. The average Bonchev–Trinajstić information content (AvgIpc) is 2.25. The number of carbonyl (C=O) groups excluding carboxylic acids is 1. The Hall–Kier alpha value is -0.810. The van der Waals surface area contributed by atoms with Crippen LogP contribution in [-0.2, 0) is 4.74 Å². The zero-order chi connectivity index (χ0) is 11.1. The summed E-state index contributed by atoms with van der Waals surface area (Å²) in [7, 11) is 0. The molecule has 0 aromatic carbocycles. The van der Waals surface area contributed by atoms with Crippen LogP contribution in [0.2, 0.25) is 0 Å². The molecule has 0 unspecified atom stereocenters. The van der Waals surface area contributed by atoms with Crippen LogP contribution < -0.4 is 10.6 Å². The van der Waals surface area contributed by atoms with Gasteiger partial charge >= 0.3 is 6.03 Å². The lowest BCUT2D eigenvalue weighted by molar-refractivity contribution is 0.0533. The Morgan fingerprint density at radius 3 is 2.60 bits per heavy atom. The van der Waals surface area contributed by atoms with Gasteiger partial charge in [-0.05, 0) is 0 Å². The first-order chi connectivity index (χ1) is 7.20. The van der Waals surface area contributed by atoms with E-state index in [4.69, 9.17) is 4.74 Å². The predicted octanol–water partition coefficient (Wildman–Crippen LogP) is 0.0262. The number of nitrogens with one attached hydrogen (secondary N) is 2. The minimum Gasteiger partial charge on any atom is -0.378 e. The van der Waals surface area contributed by atoms with Crippen LogP contribution >= 0.6 is 0 Å². The molecule has 1 saturated heterocycles. The summed E-state index contributed by atoms with van der Waals surface area (Å²) < 4.78 is 5.17. The smallest absolute Gasteiger partial charge is 0.317 e. The molecule has 0 aliphatic carbocycles. The number of hydrogen-bond acceptors (Lipinski definition) is 3.